The van der Waals surface area contributed by atoms with Gasteiger partial charge in [-0.2, -0.15) is 0 Å². The molecule has 104 valence electrons. The number of ether oxygens (including phenoxy) is 2. The Bertz CT molecular complexity index is 397. The van der Waals surface area contributed by atoms with E-state index in [-0.39, 0.29) is 18.6 Å². The Hall–Kier alpha value is -1.59. The van der Waals surface area contributed by atoms with Gasteiger partial charge < -0.3 is 20.1 Å². The van der Waals surface area contributed by atoms with Crippen molar-refractivity contribution < 1.29 is 14.3 Å². The van der Waals surface area contributed by atoms with Crippen LogP contribution >= 0.6 is 0 Å². The number of likely N-dealkylation sites (tertiary alicyclic amines) is 1. The van der Waals surface area contributed by atoms with E-state index < -0.39 is 0 Å². The van der Waals surface area contributed by atoms with Crippen LogP contribution in [-0.4, -0.2) is 49.8 Å². The molecular weight excluding hydrogens is 244 g/mol. The molecular formula is C14H20N2O3. The molecule has 0 aliphatic carbocycles. The van der Waals surface area contributed by atoms with E-state index in [1.54, 1.807) is 4.90 Å². The van der Waals surface area contributed by atoms with Gasteiger partial charge in [-0.05, 0) is 18.6 Å². The SMILES string of the molecule is N[C@@H]1CCN(C(=O)COCCOc2ccccc2)C1. The molecule has 2 N–H and O–H groups in total. The minimum Gasteiger partial charge on any atom is -0.491 e. The highest BCUT2D eigenvalue weighted by atomic mass is 16.5. The second kappa shape index (κ2) is 7.11. The highest BCUT2D eigenvalue weighted by Crippen LogP contribution is 2.08. The van der Waals surface area contributed by atoms with Gasteiger partial charge >= 0.3 is 0 Å². The average molecular weight is 264 g/mol. The Labute approximate surface area is 113 Å². The zero-order chi connectivity index (χ0) is 13.5. The smallest absolute Gasteiger partial charge is 0.248 e. The van der Waals surface area contributed by atoms with Crippen molar-refractivity contribution >= 4 is 5.91 Å². The molecule has 5 nitrogen and oxygen atoms in total. The third-order valence-corrected chi connectivity index (χ3v) is 3.04. The lowest BCUT2D eigenvalue weighted by atomic mass is 10.3. The summed E-state index contributed by atoms with van der Waals surface area (Å²) in [6.45, 7) is 2.33. The summed E-state index contributed by atoms with van der Waals surface area (Å²) < 4.78 is 10.8. The molecule has 1 aromatic rings. The van der Waals surface area contributed by atoms with Crippen LogP contribution in [0.3, 0.4) is 0 Å². The average Bonchev–Trinajstić information content (AvgIpc) is 2.86. The van der Waals surface area contributed by atoms with Gasteiger partial charge in [-0.25, -0.2) is 0 Å². The molecule has 19 heavy (non-hydrogen) atoms. The van der Waals surface area contributed by atoms with Crippen molar-refractivity contribution in [2.75, 3.05) is 32.9 Å². The van der Waals surface area contributed by atoms with Crippen molar-refractivity contribution in [2.24, 2.45) is 5.73 Å². The Kier molecular flexibility index (Phi) is 5.18. The van der Waals surface area contributed by atoms with Crippen LogP contribution in [0.2, 0.25) is 0 Å². The van der Waals surface area contributed by atoms with Crippen LogP contribution < -0.4 is 10.5 Å². The van der Waals surface area contributed by atoms with Crippen molar-refractivity contribution in [2.45, 2.75) is 12.5 Å². The molecule has 0 unspecified atom stereocenters. The van der Waals surface area contributed by atoms with Gasteiger partial charge in [-0.1, -0.05) is 18.2 Å². The van der Waals surface area contributed by atoms with Gasteiger partial charge in [0.25, 0.3) is 0 Å². The number of carbonyl (C=O) groups excluding carboxylic acids is 1. The lowest BCUT2D eigenvalue weighted by molar-refractivity contribution is -0.135. The third kappa shape index (κ3) is 4.54. The molecule has 0 bridgehead atoms. The monoisotopic (exact) mass is 264 g/mol. The van der Waals surface area contributed by atoms with E-state index in [0.29, 0.717) is 19.8 Å². The maximum atomic E-state index is 11.7. The first kappa shape index (κ1) is 13.8. The highest BCUT2D eigenvalue weighted by Gasteiger charge is 2.23. The van der Waals surface area contributed by atoms with Gasteiger partial charge in [0.2, 0.25) is 5.91 Å². The van der Waals surface area contributed by atoms with Crippen molar-refractivity contribution in [3.05, 3.63) is 30.3 Å². The zero-order valence-electron chi connectivity index (χ0n) is 11.0. The molecule has 5 heteroatoms. The van der Waals surface area contributed by atoms with Crippen LogP contribution in [0.4, 0.5) is 0 Å². The predicted molar refractivity (Wildman–Crippen MR) is 71.9 cm³/mol. The van der Waals surface area contributed by atoms with E-state index in [1.165, 1.54) is 0 Å². The van der Waals surface area contributed by atoms with Gasteiger partial charge in [-0.15, -0.1) is 0 Å². The zero-order valence-corrected chi connectivity index (χ0v) is 11.0. The fourth-order valence-electron chi connectivity index (χ4n) is 2.00. The van der Waals surface area contributed by atoms with E-state index in [2.05, 4.69) is 0 Å². The molecule has 1 aromatic carbocycles. The Morgan fingerprint density at radius 2 is 2.11 bits per heavy atom. The summed E-state index contributed by atoms with van der Waals surface area (Å²) in [6.07, 6.45) is 0.878. The molecule has 1 fully saturated rings. The van der Waals surface area contributed by atoms with Gasteiger partial charge in [0.15, 0.2) is 0 Å². The van der Waals surface area contributed by atoms with Crippen LogP contribution in [-0.2, 0) is 9.53 Å². The fraction of sp³-hybridized carbons (Fsp3) is 0.500. The van der Waals surface area contributed by atoms with Gasteiger partial charge in [0, 0.05) is 19.1 Å². The van der Waals surface area contributed by atoms with Crippen LogP contribution in [0.5, 0.6) is 5.75 Å². The Morgan fingerprint density at radius 3 is 2.79 bits per heavy atom. The highest BCUT2D eigenvalue weighted by molar-refractivity contribution is 5.77. The van der Waals surface area contributed by atoms with Crippen molar-refractivity contribution in [1.29, 1.82) is 0 Å². The normalized spacial score (nSPS) is 18.6. The summed E-state index contributed by atoms with van der Waals surface area (Å²) in [6, 6.07) is 9.65. The molecule has 0 spiro atoms. The standard InChI is InChI=1S/C14H20N2O3/c15-12-6-7-16(10-12)14(17)11-18-8-9-19-13-4-2-1-3-5-13/h1-5,12H,6-11,15H2/t12-/m1/s1. The summed E-state index contributed by atoms with van der Waals surface area (Å²) in [4.78, 5) is 13.5. The van der Waals surface area contributed by atoms with E-state index in [0.717, 1.165) is 18.7 Å². The van der Waals surface area contributed by atoms with Crippen LogP contribution in [0, 0.1) is 0 Å². The molecule has 1 heterocycles. The van der Waals surface area contributed by atoms with E-state index in [1.807, 2.05) is 30.3 Å². The van der Waals surface area contributed by atoms with Crippen molar-refractivity contribution in [3.8, 4) is 5.75 Å². The predicted octanol–water partition coefficient (Wildman–Crippen LogP) is 0.642. The number of nitrogens with zero attached hydrogens (tertiary/aromatic N) is 1. The third-order valence-electron chi connectivity index (χ3n) is 3.04. The molecule has 1 amide bonds. The number of para-hydroxylation sites is 1. The number of benzene rings is 1. The van der Waals surface area contributed by atoms with Crippen LogP contribution in [0.1, 0.15) is 6.42 Å². The number of rotatable bonds is 6. The van der Waals surface area contributed by atoms with Gasteiger partial charge in [0.1, 0.15) is 19.0 Å². The van der Waals surface area contributed by atoms with E-state index >= 15 is 0 Å². The maximum Gasteiger partial charge on any atom is 0.248 e. The lowest BCUT2D eigenvalue weighted by Crippen LogP contribution is -2.34. The fourth-order valence-corrected chi connectivity index (χ4v) is 2.00. The van der Waals surface area contributed by atoms with Crippen molar-refractivity contribution in [1.82, 2.24) is 4.90 Å². The first-order valence-corrected chi connectivity index (χ1v) is 6.54. The summed E-state index contributed by atoms with van der Waals surface area (Å²) in [7, 11) is 0. The number of nitrogens with two attached hydrogens (primary N) is 1. The maximum absolute atomic E-state index is 11.7. The number of hydrogen-bond acceptors (Lipinski definition) is 4. The van der Waals surface area contributed by atoms with E-state index in [9.17, 15) is 4.79 Å². The minimum absolute atomic E-state index is 0.00709. The summed E-state index contributed by atoms with van der Waals surface area (Å²) >= 11 is 0. The molecule has 0 radical (unpaired) electrons. The lowest BCUT2D eigenvalue weighted by Gasteiger charge is -2.15. The second-order valence-electron chi connectivity index (χ2n) is 4.60. The van der Waals surface area contributed by atoms with Gasteiger partial charge in [-0.3, -0.25) is 4.79 Å². The van der Waals surface area contributed by atoms with Crippen molar-refractivity contribution in [3.63, 3.8) is 0 Å². The van der Waals surface area contributed by atoms with E-state index in [4.69, 9.17) is 15.2 Å². The molecule has 1 aliphatic heterocycles. The molecule has 2 rings (SSSR count). The number of carbonyl (C=O) groups is 1. The number of amides is 1. The topological polar surface area (TPSA) is 64.8 Å². The van der Waals surface area contributed by atoms with Crippen LogP contribution in [0.15, 0.2) is 30.3 Å². The van der Waals surface area contributed by atoms with Gasteiger partial charge in [0.05, 0.1) is 6.61 Å². The summed E-state index contributed by atoms with van der Waals surface area (Å²) in [5.41, 5.74) is 5.75. The molecule has 0 aromatic heterocycles. The second-order valence-corrected chi connectivity index (χ2v) is 4.60. The first-order chi connectivity index (χ1) is 9.25. The minimum atomic E-state index is 0.00709. The Balaban J connectivity index is 1.56. The largest absolute Gasteiger partial charge is 0.491 e. The first-order valence-electron chi connectivity index (χ1n) is 6.54. The summed E-state index contributed by atoms with van der Waals surface area (Å²) in [5.74, 6) is 0.815. The summed E-state index contributed by atoms with van der Waals surface area (Å²) in [5, 5.41) is 0. The number of hydrogen-bond donors (Lipinski definition) is 1. The Morgan fingerprint density at radius 1 is 1.32 bits per heavy atom. The van der Waals surface area contributed by atoms with Crippen LogP contribution in [0.25, 0.3) is 0 Å². The molecule has 1 saturated heterocycles. The quantitative estimate of drug-likeness (QED) is 0.766. The molecule has 1 aliphatic rings. The molecule has 0 saturated carbocycles. The molecule has 1 atom stereocenters.